The third-order valence-electron chi connectivity index (χ3n) is 3.72. The molecule has 1 aliphatic heterocycles. The zero-order valence-corrected chi connectivity index (χ0v) is 14.5. The second kappa shape index (κ2) is 7.53. The number of urea groups is 1. The number of halogens is 1. The molecule has 1 atom stereocenters. The SMILES string of the molecule is COc1ccc(Cl)cc1NC(=O)CCN1C(=O)NC(C(C)C)C1=O. The van der Waals surface area contributed by atoms with Crippen molar-refractivity contribution in [3.05, 3.63) is 23.2 Å². The predicted molar refractivity (Wildman–Crippen MR) is 90.1 cm³/mol. The number of nitrogens with zero attached hydrogens (tertiary/aromatic N) is 1. The molecule has 1 aliphatic rings. The van der Waals surface area contributed by atoms with Crippen molar-refractivity contribution in [3.63, 3.8) is 0 Å². The average Bonchev–Trinajstić information content (AvgIpc) is 2.80. The van der Waals surface area contributed by atoms with Crippen LogP contribution in [-0.4, -0.2) is 42.4 Å². The summed E-state index contributed by atoms with van der Waals surface area (Å²) in [6.07, 6.45) is -0.0142. The number of hydrogen-bond acceptors (Lipinski definition) is 4. The Kier molecular flexibility index (Phi) is 5.66. The fourth-order valence-electron chi connectivity index (χ4n) is 2.41. The molecule has 0 bridgehead atoms. The van der Waals surface area contributed by atoms with E-state index >= 15 is 0 Å². The quantitative estimate of drug-likeness (QED) is 0.768. The lowest BCUT2D eigenvalue weighted by Gasteiger charge is -2.15. The molecule has 0 aromatic heterocycles. The number of hydrogen-bond donors (Lipinski definition) is 2. The van der Waals surface area contributed by atoms with Crippen LogP contribution in [0.3, 0.4) is 0 Å². The molecule has 0 spiro atoms. The van der Waals surface area contributed by atoms with Crippen molar-refractivity contribution in [3.8, 4) is 5.75 Å². The molecule has 0 saturated carbocycles. The third kappa shape index (κ3) is 3.97. The lowest BCUT2D eigenvalue weighted by molar-refractivity contribution is -0.128. The van der Waals surface area contributed by atoms with E-state index in [-0.39, 0.29) is 30.7 Å². The Balaban J connectivity index is 1.96. The van der Waals surface area contributed by atoms with Gasteiger partial charge in [-0.2, -0.15) is 0 Å². The molecule has 1 fully saturated rings. The number of amides is 4. The highest BCUT2D eigenvalue weighted by molar-refractivity contribution is 6.31. The molecule has 1 saturated heterocycles. The van der Waals surface area contributed by atoms with Gasteiger partial charge in [0, 0.05) is 18.0 Å². The number of anilines is 1. The summed E-state index contributed by atoms with van der Waals surface area (Å²) >= 11 is 5.91. The van der Waals surface area contributed by atoms with Crippen molar-refractivity contribution in [2.45, 2.75) is 26.3 Å². The fraction of sp³-hybridized carbons (Fsp3) is 0.438. The highest BCUT2D eigenvalue weighted by Gasteiger charge is 2.39. The van der Waals surface area contributed by atoms with Gasteiger partial charge in [0.15, 0.2) is 0 Å². The molecule has 1 unspecified atom stereocenters. The normalized spacial score (nSPS) is 17.2. The molecule has 4 amide bonds. The molecule has 1 aromatic rings. The van der Waals surface area contributed by atoms with Gasteiger partial charge in [0.1, 0.15) is 11.8 Å². The number of methoxy groups -OCH3 is 1. The summed E-state index contributed by atoms with van der Waals surface area (Å²) in [5, 5.41) is 5.75. The van der Waals surface area contributed by atoms with Gasteiger partial charge in [0.05, 0.1) is 12.8 Å². The Morgan fingerprint density at radius 3 is 2.71 bits per heavy atom. The Bertz CT molecular complexity index is 663. The molecule has 1 heterocycles. The van der Waals surface area contributed by atoms with Crippen molar-refractivity contribution in [1.29, 1.82) is 0 Å². The first-order valence-electron chi connectivity index (χ1n) is 7.58. The topological polar surface area (TPSA) is 87.7 Å². The molecular weight excluding hydrogens is 334 g/mol. The van der Waals surface area contributed by atoms with Gasteiger partial charge in [-0.05, 0) is 24.1 Å². The molecule has 8 heteroatoms. The van der Waals surface area contributed by atoms with E-state index < -0.39 is 12.1 Å². The standard InChI is InChI=1S/C16H20ClN3O4/c1-9(2)14-15(22)20(16(23)19-14)7-6-13(21)18-11-8-10(17)4-5-12(11)24-3/h4-5,8-9,14H,6-7H2,1-3H3,(H,18,21)(H,19,23). The molecule has 7 nitrogen and oxygen atoms in total. The predicted octanol–water partition coefficient (Wildman–Crippen LogP) is 2.25. The largest absolute Gasteiger partial charge is 0.495 e. The van der Waals surface area contributed by atoms with E-state index in [1.807, 2.05) is 13.8 Å². The van der Waals surface area contributed by atoms with Gasteiger partial charge in [-0.1, -0.05) is 25.4 Å². The Labute approximate surface area is 145 Å². The first-order chi connectivity index (χ1) is 11.3. The lowest BCUT2D eigenvalue weighted by atomic mass is 10.1. The highest BCUT2D eigenvalue weighted by atomic mass is 35.5. The summed E-state index contributed by atoms with van der Waals surface area (Å²) in [4.78, 5) is 37.2. The summed E-state index contributed by atoms with van der Waals surface area (Å²) in [6, 6.07) is 3.86. The van der Waals surface area contributed by atoms with Gasteiger partial charge in [-0.25, -0.2) is 4.79 Å². The van der Waals surface area contributed by atoms with Crippen LogP contribution >= 0.6 is 11.6 Å². The summed E-state index contributed by atoms with van der Waals surface area (Å²) in [5.74, 6) is -0.175. The van der Waals surface area contributed by atoms with Crippen LogP contribution in [0.25, 0.3) is 0 Å². The fourth-order valence-corrected chi connectivity index (χ4v) is 2.58. The smallest absolute Gasteiger partial charge is 0.324 e. The second-order valence-electron chi connectivity index (χ2n) is 5.80. The molecule has 1 aromatic carbocycles. The van der Waals surface area contributed by atoms with Crippen LogP contribution in [0.5, 0.6) is 5.75 Å². The summed E-state index contributed by atoms with van der Waals surface area (Å²) < 4.78 is 5.15. The van der Waals surface area contributed by atoms with E-state index in [9.17, 15) is 14.4 Å². The van der Waals surface area contributed by atoms with Crippen LogP contribution in [0, 0.1) is 5.92 Å². The number of ether oxygens (including phenoxy) is 1. The van der Waals surface area contributed by atoms with Crippen molar-refractivity contribution in [1.82, 2.24) is 10.2 Å². The number of carbonyl (C=O) groups excluding carboxylic acids is 3. The maximum atomic E-state index is 12.1. The van der Waals surface area contributed by atoms with E-state index in [4.69, 9.17) is 16.3 Å². The minimum absolute atomic E-state index is 0.00371. The molecular formula is C16H20ClN3O4. The van der Waals surface area contributed by atoms with Gasteiger partial charge in [-0.15, -0.1) is 0 Å². The molecule has 130 valence electrons. The van der Waals surface area contributed by atoms with E-state index in [0.29, 0.717) is 16.5 Å². The zero-order valence-electron chi connectivity index (χ0n) is 13.8. The summed E-state index contributed by atoms with van der Waals surface area (Å²) in [5.41, 5.74) is 0.437. The Morgan fingerprint density at radius 2 is 2.12 bits per heavy atom. The molecule has 0 radical (unpaired) electrons. The van der Waals surface area contributed by atoms with Crippen LogP contribution in [0.1, 0.15) is 20.3 Å². The van der Waals surface area contributed by atoms with E-state index in [1.165, 1.54) is 7.11 Å². The number of nitrogens with one attached hydrogen (secondary N) is 2. The van der Waals surface area contributed by atoms with E-state index in [0.717, 1.165) is 4.90 Å². The van der Waals surface area contributed by atoms with Gasteiger partial charge < -0.3 is 15.4 Å². The molecule has 24 heavy (non-hydrogen) atoms. The number of imide groups is 1. The van der Waals surface area contributed by atoms with Gasteiger partial charge >= 0.3 is 6.03 Å². The Hall–Kier alpha value is -2.28. The number of carbonyl (C=O) groups is 3. The van der Waals surface area contributed by atoms with Crippen molar-refractivity contribution >= 4 is 35.1 Å². The minimum Gasteiger partial charge on any atom is -0.495 e. The number of benzene rings is 1. The minimum atomic E-state index is -0.534. The maximum Gasteiger partial charge on any atom is 0.324 e. The first kappa shape index (κ1) is 18.1. The van der Waals surface area contributed by atoms with Crippen LogP contribution in [0.4, 0.5) is 10.5 Å². The monoisotopic (exact) mass is 353 g/mol. The zero-order chi connectivity index (χ0) is 17.9. The van der Waals surface area contributed by atoms with Crippen molar-refractivity contribution in [2.75, 3.05) is 19.0 Å². The van der Waals surface area contributed by atoms with E-state index in [2.05, 4.69) is 10.6 Å². The summed E-state index contributed by atoms with van der Waals surface area (Å²) in [7, 11) is 1.48. The van der Waals surface area contributed by atoms with Crippen LogP contribution < -0.4 is 15.4 Å². The van der Waals surface area contributed by atoms with Gasteiger partial charge in [0.2, 0.25) is 5.91 Å². The van der Waals surface area contributed by atoms with E-state index in [1.54, 1.807) is 18.2 Å². The van der Waals surface area contributed by atoms with Crippen LogP contribution in [0.2, 0.25) is 5.02 Å². The van der Waals surface area contributed by atoms with Crippen LogP contribution in [-0.2, 0) is 9.59 Å². The molecule has 2 rings (SSSR count). The van der Waals surface area contributed by atoms with Crippen molar-refractivity contribution < 1.29 is 19.1 Å². The first-order valence-corrected chi connectivity index (χ1v) is 7.96. The van der Waals surface area contributed by atoms with Gasteiger partial charge in [0.25, 0.3) is 5.91 Å². The molecule has 0 aliphatic carbocycles. The van der Waals surface area contributed by atoms with Crippen molar-refractivity contribution in [2.24, 2.45) is 5.92 Å². The highest BCUT2D eigenvalue weighted by Crippen LogP contribution is 2.27. The maximum absolute atomic E-state index is 12.1. The average molecular weight is 354 g/mol. The second-order valence-corrected chi connectivity index (χ2v) is 6.24. The molecule has 2 N–H and O–H groups in total. The number of rotatable bonds is 6. The Morgan fingerprint density at radius 1 is 1.42 bits per heavy atom. The van der Waals surface area contributed by atoms with Crippen LogP contribution in [0.15, 0.2) is 18.2 Å². The lowest BCUT2D eigenvalue weighted by Crippen LogP contribution is -2.35. The summed E-state index contributed by atoms with van der Waals surface area (Å²) in [6.45, 7) is 3.72. The van der Waals surface area contributed by atoms with Gasteiger partial charge in [-0.3, -0.25) is 14.5 Å². The third-order valence-corrected chi connectivity index (χ3v) is 3.96.